The summed E-state index contributed by atoms with van der Waals surface area (Å²) in [5.74, 6) is -0.283. The second kappa shape index (κ2) is 6.79. The number of hydrogen-bond acceptors (Lipinski definition) is 4. The van der Waals surface area contributed by atoms with Gasteiger partial charge in [0, 0.05) is 6.42 Å². The van der Waals surface area contributed by atoms with E-state index in [1.807, 2.05) is 6.92 Å². The van der Waals surface area contributed by atoms with E-state index >= 15 is 0 Å². The van der Waals surface area contributed by atoms with Crippen LogP contribution in [0.15, 0.2) is 0 Å². The molecule has 4 heteroatoms. The fraction of sp³-hybridized carbons (Fsp3) is 0.750. The summed E-state index contributed by atoms with van der Waals surface area (Å²) in [5, 5.41) is 0. The average Bonchev–Trinajstić information content (AvgIpc) is 2.10. The summed E-state index contributed by atoms with van der Waals surface area (Å²) in [7, 11) is 0. The first-order valence-electron chi connectivity index (χ1n) is 4.07. The number of aldehydes is 1. The highest BCUT2D eigenvalue weighted by Crippen LogP contribution is 1.95. The minimum absolute atomic E-state index is 0.222. The molecule has 0 rings (SSSR count). The third-order valence-electron chi connectivity index (χ3n) is 1.32. The van der Waals surface area contributed by atoms with Gasteiger partial charge in [-0.1, -0.05) is 6.92 Å². The standard InChI is InChI=1S/C8H15NO3/c1-2-5-12-8(11)4-3-7(9)6-10/h6-7H,2-5,9H2,1H3. The molecule has 0 aromatic heterocycles. The Morgan fingerprint density at radius 2 is 2.33 bits per heavy atom. The fourth-order valence-electron chi connectivity index (χ4n) is 0.641. The summed E-state index contributed by atoms with van der Waals surface area (Å²) in [6.07, 6.45) is 2.03. The second-order valence-electron chi connectivity index (χ2n) is 2.56. The zero-order valence-electron chi connectivity index (χ0n) is 7.29. The summed E-state index contributed by atoms with van der Waals surface area (Å²) in [5.41, 5.74) is 5.27. The van der Waals surface area contributed by atoms with E-state index in [0.717, 1.165) is 6.42 Å². The molecule has 0 aliphatic rings. The van der Waals surface area contributed by atoms with Gasteiger partial charge in [-0.05, 0) is 12.8 Å². The number of ether oxygens (including phenoxy) is 1. The van der Waals surface area contributed by atoms with Crippen LogP contribution in [0.4, 0.5) is 0 Å². The van der Waals surface area contributed by atoms with E-state index in [4.69, 9.17) is 10.5 Å². The number of esters is 1. The lowest BCUT2D eigenvalue weighted by Gasteiger charge is -2.03. The topological polar surface area (TPSA) is 69.4 Å². The molecule has 0 aliphatic carbocycles. The average molecular weight is 173 g/mol. The van der Waals surface area contributed by atoms with Crippen molar-refractivity contribution in [1.82, 2.24) is 0 Å². The van der Waals surface area contributed by atoms with Crippen molar-refractivity contribution in [3.05, 3.63) is 0 Å². The minimum atomic E-state index is -0.542. The quantitative estimate of drug-likeness (QED) is 0.461. The van der Waals surface area contributed by atoms with E-state index in [-0.39, 0.29) is 12.4 Å². The zero-order valence-corrected chi connectivity index (χ0v) is 7.29. The number of nitrogens with two attached hydrogens (primary N) is 1. The predicted molar refractivity (Wildman–Crippen MR) is 44.5 cm³/mol. The van der Waals surface area contributed by atoms with Crippen LogP contribution in [-0.2, 0) is 14.3 Å². The van der Waals surface area contributed by atoms with E-state index in [2.05, 4.69) is 0 Å². The van der Waals surface area contributed by atoms with E-state index in [1.165, 1.54) is 0 Å². The summed E-state index contributed by atoms with van der Waals surface area (Å²) in [4.78, 5) is 20.9. The van der Waals surface area contributed by atoms with E-state index in [0.29, 0.717) is 19.3 Å². The Kier molecular flexibility index (Phi) is 6.28. The van der Waals surface area contributed by atoms with Crippen LogP contribution in [0.25, 0.3) is 0 Å². The molecule has 2 N–H and O–H groups in total. The van der Waals surface area contributed by atoms with Gasteiger partial charge < -0.3 is 15.3 Å². The molecular formula is C8H15NO3. The van der Waals surface area contributed by atoms with Crippen LogP contribution in [0, 0.1) is 0 Å². The molecule has 1 unspecified atom stereocenters. The molecule has 0 aromatic carbocycles. The number of carbonyl (C=O) groups is 2. The third kappa shape index (κ3) is 5.85. The number of hydrogen-bond donors (Lipinski definition) is 1. The number of carbonyl (C=O) groups excluding carboxylic acids is 2. The normalized spacial score (nSPS) is 12.2. The van der Waals surface area contributed by atoms with Crippen molar-refractivity contribution in [2.45, 2.75) is 32.2 Å². The van der Waals surface area contributed by atoms with E-state index in [9.17, 15) is 9.59 Å². The molecule has 0 aromatic rings. The van der Waals surface area contributed by atoms with Crippen LogP contribution in [0.3, 0.4) is 0 Å². The summed E-state index contributed by atoms with van der Waals surface area (Å²) < 4.78 is 4.78. The monoisotopic (exact) mass is 173 g/mol. The maximum atomic E-state index is 10.8. The van der Waals surface area contributed by atoms with Crippen molar-refractivity contribution in [2.24, 2.45) is 5.73 Å². The molecule has 1 atom stereocenters. The van der Waals surface area contributed by atoms with Gasteiger partial charge in [-0.25, -0.2) is 0 Å². The van der Waals surface area contributed by atoms with Gasteiger partial charge in [0.05, 0.1) is 12.6 Å². The molecule has 12 heavy (non-hydrogen) atoms. The van der Waals surface area contributed by atoms with Crippen LogP contribution < -0.4 is 5.73 Å². The molecule has 70 valence electrons. The van der Waals surface area contributed by atoms with Crippen LogP contribution in [0.2, 0.25) is 0 Å². The van der Waals surface area contributed by atoms with Crippen molar-refractivity contribution in [3.8, 4) is 0 Å². The predicted octanol–water partition coefficient (Wildman–Crippen LogP) is 0.246. The molecule has 0 saturated carbocycles. The van der Waals surface area contributed by atoms with Gasteiger partial charge in [0.15, 0.2) is 0 Å². The molecular weight excluding hydrogens is 158 g/mol. The van der Waals surface area contributed by atoms with Crippen molar-refractivity contribution >= 4 is 12.3 Å². The summed E-state index contributed by atoms with van der Waals surface area (Å²) in [6.45, 7) is 2.36. The third-order valence-corrected chi connectivity index (χ3v) is 1.32. The molecule has 0 heterocycles. The van der Waals surface area contributed by atoms with Crippen molar-refractivity contribution < 1.29 is 14.3 Å². The Morgan fingerprint density at radius 1 is 1.67 bits per heavy atom. The Labute approximate surface area is 72.1 Å². The van der Waals surface area contributed by atoms with Crippen molar-refractivity contribution in [3.63, 3.8) is 0 Å². The SMILES string of the molecule is CCCOC(=O)CCC(N)C=O. The van der Waals surface area contributed by atoms with E-state index < -0.39 is 6.04 Å². The molecule has 4 nitrogen and oxygen atoms in total. The molecule has 0 saturated heterocycles. The smallest absolute Gasteiger partial charge is 0.305 e. The van der Waals surface area contributed by atoms with Gasteiger partial charge >= 0.3 is 5.97 Å². The first kappa shape index (κ1) is 11.1. The van der Waals surface area contributed by atoms with Crippen LogP contribution >= 0.6 is 0 Å². The summed E-state index contributed by atoms with van der Waals surface area (Å²) >= 11 is 0. The Morgan fingerprint density at radius 3 is 2.83 bits per heavy atom. The van der Waals surface area contributed by atoms with Gasteiger partial charge in [0.25, 0.3) is 0 Å². The molecule has 0 spiro atoms. The van der Waals surface area contributed by atoms with Gasteiger partial charge in [-0.3, -0.25) is 4.79 Å². The Bertz CT molecular complexity index is 147. The first-order valence-corrected chi connectivity index (χ1v) is 4.07. The molecule has 0 amide bonds. The van der Waals surface area contributed by atoms with Gasteiger partial charge in [0.1, 0.15) is 6.29 Å². The number of rotatable bonds is 6. The minimum Gasteiger partial charge on any atom is -0.466 e. The van der Waals surface area contributed by atoms with Gasteiger partial charge in [-0.15, -0.1) is 0 Å². The maximum absolute atomic E-state index is 10.8. The maximum Gasteiger partial charge on any atom is 0.305 e. The summed E-state index contributed by atoms with van der Waals surface area (Å²) in [6, 6.07) is -0.542. The lowest BCUT2D eigenvalue weighted by atomic mass is 10.2. The van der Waals surface area contributed by atoms with Crippen molar-refractivity contribution in [2.75, 3.05) is 6.61 Å². The molecule has 0 aliphatic heterocycles. The fourth-order valence-corrected chi connectivity index (χ4v) is 0.641. The molecule has 0 fully saturated rings. The second-order valence-corrected chi connectivity index (χ2v) is 2.56. The van der Waals surface area contributed by atoms with Crippen molar-refractivity contribution in [1.29, 1.82) is 0 Å². The highest BCUT2D eigenvalue weighted by molar-refractivity contribution is 5.70. The lowest BCUT2D eigenvalue weighted by Crippen LogP contribution is -2.22. The largest absolute Gasteiger partial charge is 0.466 e. The van der Waals surface area contributed by atoms with Gasteiger partial charge in [-0.2, -0.15) is 0 Å². The van der Waals surface area contributed by atoms with Gasteiger partial charge in [0.2, 0.25) is 0 Å². The Balaban J connectivity index is 3.36. The van der Waals surface area contributed by atoms with E-state index in [1.54, 1.807) is 0 Å². The molecule has 0 bridgehead atoms. The highest BCUT2D eigenvalue weighted by atomic mass is 16.5. The lowest BCUT2D eigenvalue weighted by molar-refractivity contribution is -0.143. The molecule has 0 radical (unpaired) electrons. The van der Waals surface area contributed by atoms with Crippen LogP contribution in [0.1, 0.15) is 26.2 Å². The zero-order chi connectivity index (χ0) is 9.40. The van der Waals surface area contributed by atoms with Crippen LogP contribution in [0.5, 0.6) is 0 Å². The first-order chi connectivity index (χ1) is 5.70. The Hall–Kier alpha value is -0.900. The van der Waals surface area contributed by atoms with Crippen LogP contribution in [-0.4, -0.2) is 24.9 Å². The highest BCUT2D eigenvalue weighted by Gasteiger charge is 2.05.